The molecule has 0 spiro atoms. The van der Waals surface area contributed by atoms with Gasteiger partial charge in [0.2, 0.25) is 5.91 Å². The van der Waals surface area contributed by atoms with Gasteiger partial charge in [-0.25, -0.2) is 9.97 Å². The van der Waals surface area contributed by atoms with Gasteiger partial charge in [0.15, 0.2) is 11.4 Å². The molecule has 0 bridgehead atoms. The number of anilines is 2. The summed E-state index contributed by atoms with van der Waals surface area (Å²) in [7, 11) is 0. The summed E-state index contributed by atoms with van der Waals surface area (Å²) in [4.78, 5) is 28.3. The molecule has 0 radical (unpaired) electrons. The molecule has 1 fully saturated rings. The van der Waals surface area contributed by atoms with Gasteiger partial charge in [0.1, 0.15) is 17.4 Å². The minimum Gasteiger partial charge on any atom is -0.450 e. The molecule has 0 N–H and O–H groups in total. The maximum Gasteiger partial charge on any atom is 0.241 e. The van der Waals surface area contributed by atoms with E-state index in [-0.39, 0.29) is 5.91 Å². The van der Waals surface area contributed by atoms with Crippen LogP contribution in [0.2, 0.25) is 0 Å². The lowest BCUT2D eigenvalue weighted by Gasteiger charge is -2.35. The van der Waals surface area contributed by atoms with Crippen LogP contribution in [0.25, 0.3) is 22.1 Å². The Balaban J connectivity index is 1.16. The molecule has 7 heteroatoms. The molecule has 2 aromatic heterocycles. The molecule has 2 aliphatic heterocycles. The third-order valence-corrected chi connectivity index (χ3v) is 6.36. The first-order valence-corrected chi connectivity index (χ1v) is 10.8. The maximum atomic E-state index is 12.9. The van der Waals surface area contributed by atoms with E-state index >= 15 is 0 Å². The van der Waals surface area contributed by atoms with Crippen molar-refractivity contribution in [2.75, 3.05) is 49.1 Å². The third kappa shape index (κ3) is 3.13. The number of hydrogen-bond donors (Lipinski definition) is 0. The molecule has 31 heavy (non-hydrogen) atoms. The second-order valence-corrected chi connectivity index (χ2v) is 8.16. The average molecular weight is 413 g/mol. The number of fused-ring (bicyclic) bond motifs is 4. The highest BCUT2D eigenvalue weighted by atomic mass is 16.3. The zero-order valence-corrected chi connectivity index (χ0v) is 17.2. The molecule has 1 saturated heterocycles. The number of nitrogens with zero attached hydrogens (tertiary/aromatic N) is 5. The fraction of sp³-hybridized carbons (Fsp3) is 0.292. The Kier molecular flexibility index (Phi) is 4.35. The van der Waals surface area contributed by atoms with Gasteiger partial charge in [-0.15, -0.1) is 0 Å². The standard InChI is InChI=1S/C24H23N5O2/c30-21(29-10-9-17-5-1-3-7-19(17)29)15-27-11-13-28(14-12-27)24-23-22(25-16-26-24)18-6-2-4-8-20(18)31-23/h1-8,16H,9-15H2. The molecule has 6 rings (SSSR count). The first-order valence-electron chi connectivity index (χ1n) is 10.8. The van der Waals surface area contributed by atoms with E-state index in [9.17, 15) is 4.79 Å². The Morgan fingerprint density at radius 2 is 1.74 bits per heavy atom. The summed E-state index contributed by atoms with van der Waals surface area (Å²) in [5.41, 5.74) is 4.75. The smallest absolute Gasteiger partial charge is 0.241 e. The Hall–Kier alpha value is -3.45. The summed E-state index contributed by atoms with van der Waals surface area (Å²) in [5, 5.41) is 1.01. The number of amides is 1. The van der Waals surface area contributed by atoms with Crippen LogP contribution < -0.4 is 9.80 Å². The fourth-order valence-electron chi connectivity index (χ4n) is 4.73. The number of benzene rings is 2. The SMILES string of the molecule is O=C(CN1CCN(c2ncnc3c2oc2ccccc23)CC1)N1CCc2ccccc21. The van der Waals surface area contributed by atoms with Crippen molar-refractivity contribution in [3.8, 4) is 0 Å². The first kappa shape index (κ1) is 18.3. The van der Waals surface area contributed by atoms with Crippen LogP contribution in [0.15, 0.2) is 59.3 Å². The average Bonchev–Trinajstić information content (AvgIpc) is 3.41. The predicted octanol–water partition coefficient (Wildman–Crippen LogP) is 3.09. The summed E-state index contributed by atoms with van der Waals surface area (Å²) in [6, 6.07) is 16.1. The Bertz CT molecular complexity index is 1280. The highest BCUT2D eigenvalue weighted by Crippen LogP contribution is 2.32. The van der Waals surface area contributed by atoms with Crippen molar-refractivity contribution in [1.29, 1.82) is 0 Å². The lowest BCUT2D eigenvalue weighted by atomic mass is 10.2. The summed E-state index contributed by atoms with van der Waals surface area (Å²) >= 11 is 0. The fourth-order valence-corrected chi connectivity index (χ4v) is 4.73. The molecule has 7 nitrogen and oxygen atoms in total. The van der Waals surface area contributed by atoms with E-state index in [1.54, 1.807) is 6.33 Å². The van der Waals surface area contributed by atoms with Crippen LogP contribution in [-0.2, 0) is 11.2 Å². The molecular weight excluding hydrogens is 390 g/mol. The number of hydrogen-bond acceptors (Lipinski definition) is 6. The van der Waals surface area contributed by atoms with Crippen molar-refractivity contribution in [2.45, 2.75) is 6.42 Å². The summed E-state index contributed by atoms with van der Waals surface area (Å²) in [6.07, 6.45) is 2.55. The van der Waals surface area contributed by atoms with Gasteiger partial charge in [-0.05, 0) is 30.2 Å². The number of aromatic nitrogens is 2. The molecule has 0 unspecified atom stereocenters. The van der Waals surface area contributed by atoms with Gasteiger partial charge in [0.05, 0.1) is 6.54 Å². The summed E-state index contributed by atoms with van der Waals surface area (Å²) in [6.45, 7) is 4.45. The van der Waals surface area contributed by atoms with Crippen molar-refractivity contribution < 1.29 is 9.21 Å². The van der Waals surface area contributed by atoms with E-state index in [4.69, 9.17) is 4.42 Å². The Morgan fingerprint density at radius 1 is 0.935 bits per heavy atom. The van der Waals surface area contributed by atoms with Gasteiger partial charge >= 0.3 is 0 Å². The number of para-hydroxylation sites is 2. The maximum absolute atomic E-state index is 12.9. The van der Waals surface area contributed by atoms with Crippen molar-refractivity contribution in [3.05, 3.63) is 60.4 Å². The molecule has 156 valence electrons. The van der Waals surface area contributed by atoms with Gasteiger partial charge < -0.3 is 14.2 Å². The minimum atomic E-state index is 0.181. The van der Waals surface area contributed by atoms with Gasteiger partial charge in [-0.1, -0.05) is 30.3 Å². The molecule has 2 aromatic carbocycles. The number of carbonyl (C=O) groups is 1. The third-order valence-electron chi connectivity index (χ3n) is 6.36. The van der Waals surface area contributed by atoms with Crippen LogP contribution in [0.1, 0.15) is 5.56 Å². The number of carbonyl (C=O) groups excluding carboxylic acids is 1. The van der Waals surface area contributed by atoms with Gasteiger partial charge in [0.25, 0.3) is 0 Å². The van der Waals surface area contributed by atoms with E-state index in [2.05, 4.69) is 25.8 Å². The zero-order valence-electron chi connectivity index (χ0n) is 17.2. The highest BCUT2D eigenvalue weighted by molar-refractivity contribution is 6.05. The molecule has 0 saturated carbocycles. The molecular formula is C24H23N5O2. The number of rotatable bonds is 3. The molecule has 0 aliphatic carbocycles. The monoisotopic (exact) mass is 413 g/mol. The van der Waals surface area contributed by atoms with Crippen LogP contribution >= 0.6 is 0 Å². The van der Waals surface area contributed by atoms with Crippen molar-refractivity contribution in [3.63, 3.8) is 0 Å². The largest absolute Gasteiger partial charge is 0.450 e. The van der Waals surface area contributed by atoms with E-state index in [1.165, 1.54) is 5.56 Å². The first-order chi connectivity index (χ1) is 15.3. The van der Waals surface area contributed by atoms with Crippen molar-refractivity contribution in [1.82, 2.24) is 14.9 Å². The molecule has 2 aliphatic rings. The summed E-state index contributed by atoms with van der Waals surface area (Å²) in [5.74, 6) is 1.01. The van der Waals surface area contributed by atoms with E-state index in [0.29, 0.717) is 6.54 Å². The van der Waals surface area contributed by atoms with Gasteiger partial charge in [0, 0.05) is 43.8 Å². The second-order valence-electron chi connectivity index (χ2n) is 8.16. The van der Waals surface area contributed by atoms with E-state index in [0.717, 1.165) is 72.7 Å². The van der Waals surface area contributed by atoms with Crippen molar-refractivity contribution >= 4 is 39.5 Å². The number of piperazine rings is 1. The van der Waals surface area contributed by atoms with Gasteiger partial charge in [-0.2, -0.15) is 0 Å². The zero-order chi connectivity index (χ0) is 20.8. The highest BCUT2D eigenvalue weighted by Gasteiger charge is 2.28. The van der Waals surface area contributed by atoms with Crippen LogP contribution in [0.5, 0.6) is 0 Å². The minimum absolute atomic E-state index is 0.181. The van der Waals surface area contributed by atoms with Crippen LogP contribution in [0, 0.1) is 0 Å². The van der Waals surface area contributed by atoms with Crippen LogP contribution in [0.4, 0.5) is 11.5 Å². The number of furan rings is 1. The van der Waals surface area contributed by atoms with Crippen molar-refractivity contribution in [2.24, 2.45) is 0 Å². The molecule has 1 amide bonds. The van der Waals surface area contributed by atoms with E-state index < -0.39 is 0 Å². The molecule has 4 heterocycles. The summed E-state index contributed by atoms with van der Waals surface area (Å²) < 4.78 is 6.09. The predicted molar refractivity (Wildman–Crippen MR) is 120 cm³/mol. The van der Waals surface area contributed by atoms with Crippen LogP contribution in [-0.4, -0.2) is 60.0 Å². The van der Waals surface area contributed by atoms with Gasteiger partial charge in [-0.3, -0.25) is 9.69 Å². The quantitative estimate of drug-likeness (QED) is 0.514. The second kappa shape index (κ2) is 7.35. The van der Waals surface area contributed by atoms with Crippen LogP contribution in [0.3, 0.4) is 0 Å². The normalized spacial score (nSPS) is 16.9. The Morgan fingerprint density at radius 3 is 2.65 bits per heavy atom. The van der Waals surface area contributed by atoms with E-state index in [1.807, 2.05) is 47.4 Å². The lowest BCUT2D eigenvalue weighted by Crippen LogP contribution is -2.50. The molecule has 0 atom stereocenters. The topological polar surface area (TPSA) is 65.7 Å². The Labute approximate surface area is 179 Å². The lowest BCUT2D eigenvalue weighted by molar-refractivity contribution is -0.119. The molecule has 4 aromatic rings.